The van der Waals surface area contributed by atoms with Crippen molar-refractivity contribution in [1.29, 1.82) is 0 Å². The van der Waals surface area contributed by atoms with Gasteiger partial charge in [0.05, 0.1) is 0 Å². The molecule has 0 saturated carbocycles. The summed E-state index contributed by atoms with van der Waals surface area (Å²) in [5, 5.41) is 3.43. The average Bonchev–Trinajstić information content (AvgIpc) is 2.35. The molecule has 1 rings (SSSR count). The van der Waals surface area contributed by atoms with E-state index < -0.39 is 0 Å². The molecule has 0 radical (unpaired) electrons. The van der Waals surface area contributed by atoms with Crippen molar-refractivity contribution in [1.82, 2.24) is 5.32 Å². The molecule has 0 spiro atoms. The van der Waals surface area contributed by atoms with Crippen LogP contribution in [0.1, 0.15) is 52.0 Å². The molecule has 0 aliphatic heterocycles. The highest BCUT2D eigenvalue weighted by molar-refractivity contribution is 5.35. The molecular formula is C16H27NO. The van der Waals surface area contributed by atoms with Crippen LogP contribution in [0, 0.1) is 0 Å². The van der Waals surface area contributed by atoms with Crippen molar-refractivity contribution >= 4 is 0 Å². The summed E-state index contributed by atoms with van der Waals surface area (Å²) < 4.78 is 6.02. The Morgan fingerprint density at radius 1 is 1.17 bits per heavy atom. The molecule has 0 aromatic heterocycles. The Balaban J connectivity index is 2.46. The molecule has 2 nitrogen and oxygen atoms in total. The predicted molar refractivity (Wildman–Crippen MR) is 78.4 cm³/mol. The van der Waals surface area contributed by atoms with Crippen LogP contribution in [-0.2, 0) is 0 Å². The number of benzene rings is 1. The number of nitrogens with one attached hydrogen (secondary N) is 1. The molecule has 2 heteroatoms. The first-order chi connectivity index (χ1) is 8.65. The molecule has 0 bridgehead atoms. The Bertz CT molecular complexity index is 336. The second-order valence-electron chi connectivity index (χ2n) is 5.18. The van der Waals surface area contributed by atoms with Gasteiger partial charge < -0.3 is 10.1 Å². The SMILES string of the molecule is CCCCNCC(C)Oc1ccccc1C(C)C. The molecule has 0 saturated heterocycles. The average molecular weight is 249 g/mol. The Morgan fingerprint density at radius 2 is 1.89 bits per heavy atom. The van der Waals surface area contributed by atoms with E-state index >= 15 is 0 Å². The Kier molecular flexibility index (Phi) is 6.81. The van der Waals surface area contributed by atoms with Gasteiger partial charge in [-0.15, -0.1) is 0 Å². The highest BCUT2D eigenvalue weighted by atomic mass is 16.5. The van der Waals surface area contributed by atoms with Crippen molar-refractivity contribution in [2.45, 2.75) is 52.6 Å². The lowest BCUT2D eigenvalue weighted by Gasteiger charge is -2.19. The van der Waals surface area contributed by atoms with Crippen LogP contribution in [-0.4, -0.2) is 19.2 Å². The van der Waals surface area contributed by atoms with E-state index in [1.54, 1.807) is 0 Å². The van der Waals surface area contributed by atoms with Gasteiger partial charge in [0.1, 0.15) is 11.9 Å². The van der Waals surface area contributed by atoms with Gasteiger partial charge in [0.15, 0.2) is 0 Å². The second-order valence-corrected chi connectivity index (χ2v) is 5.18. The molecule has 102 valence electrons. The zero-order chi connectivity index (χ0) is 13.4. The van der Waals surface area contributed by atoms with Crippen LogP contribution in [0.5, 0.6) is 5.75 Å². The van der Waals surface area contributed by atoms with Crippen molar-refractivity contribution in [2.75, 3.05) is 13.1 Å². The third-order valence-corrected chi connectivity index (χ3v) is 3.01. The first kappa shape index (κ1) is 15.0. The smallest absolute Gasteiger partial charge is 0.123 e. The Labute approximate surface area is 112 Å². The van der Waals surface area contributed by atoms with Gasteiger partial charge in [0, 0.05) is 6.54 Å². The summed E-state index contributed by atoms with van der Waals surface area (Å²) in [6, 6.07) is 8.33. The molecule has 0 aliphatic rings. The van der Waals surface area contributed by atoms with E-state index in [9.17, 15) is 0 Å². The van der Waals surface area contributed by atoms with E-state index in [4.69, 9.17) is 4.74 Å². The molecule has 1 atom stereocenters. The summed E-state index contributed by atoms with van der Waals surface area (Å²) in [6.07, 6.45) is 2.68. The first-order valence-corrected chi connectivity index (χ1v) is 7.11. The quantitative estimate of drug-likeness (QED) is 0.704. The van der Waals surface area contributed by atoms with Gasteiger partial charge in [-0.3, -0.25) is 0 Å². The van der Waals surface area contributed by atoms with Crippen LogP contribution in [0.4, 0.5) is 0 Å². The summed E-state index contributed by atoms with van der Waals surface area (Å²) in [7, 11) is 0. The van der Waals surface area contributed by atoms with E-state index in [1.807, 2.05) is 6.07 Å². The van der Waals surface area contributed by atoms with Crippen LogP contribution in [0.15, 0.2) is 24.3 Å². The number of hydrogen-bond donors (Lipinski definition) is 1. The minimum absolute atomic E-state index is 0.210. The fraction of sp³-hybridized carbons (Fsp3) is 0.625. The number of ether oxygens (including phenoxy) is 1. The van der Waals surface area contributed by atoms with E-state index in [1.165, 1.54) is 18.4 Å². The first-order valence-electron chi connectivity index (χ1n) is 7.11. The summed E-state index contributed by atoms with van der Waals surface area (Å²) >= 11 is 0. The monoisotopic (exact) mass is 249 g/mol. The van der Waals surface area contributed by atoms with E-state index in [0.717, 1.165) is 18.8 Å². The molecule has 18 heavy (non-hydrogen) atoms. The standard InChI is InChI=1S/C16H27NO/c1-5-6-11-17-12-14(4)18-16-10-8-7-9-15(16)13(2)3/h7-10,13-14,17H,5-6,11-12H2,1-4H3. The maximum absolute atomic E-state index is 6.02. The second kappa shape index (κ2) is 8.15. The molecule has 0 amide bonds. The van der Waals surface area contributed by atoms with E-state index in [-0.39, 0.29) is 6.10 Å². The normalized spacial score (nSPS) is 12.7. The number of para-hydroxylation sites is 1. The molecular weight excluding hydrogens is 222 g/mol. The maximum Gasteiger partial charge on any atom is 0.123 e. The third kappa shape index (κ3) is 5.09. The van der Waals surface area contributed by atoms with Crippen LogP contribution < -0.4 is 10.1 Å². The lowest BCUT2D eigenvalue weighted by Crippen LogP contribution is -2.29. The van der Waals surface area contributed by atoms with Crippen molar-refractivity contribution in [3.63, 3.8) is 0 Å². The molecule has 1 N–H and O–H groups in total. The van der Waals surface area contributed by atoms with Crippen molar-refractivity contribution in [3.05, 3.63) is 29.8 Å². The van der Waals surface area contributed by atoms with Gasteiger partial charge in [-0.2, -0.15) is 0 Å². The van der Waals surface area contributed by atoms with Crippen molar-refractivity contribution in [2.24, 2.45) is 0 Å². The van der Waals surface area contributed by atoms with Crippen LogP contribution in [0.25, 0.3) is 0 Å². The van der Waals surface area contributed by atoms with Gasteiger partial charge >= 0.3 is 0 Å². The lowest BCUT2D eigenvalue weighted by atomic mass is 10.0. The highest BCUT2D eigenvalue weighted by Gasteiger charge is 2.09. The van der Waals surface area contributed by atoms with E-state index in [0.29, 0.717) is 5.92 Å². The number of hydrogen-bond acceptors (Lipinski definition) is 2. The minimum atomic E-state index is 0.210. The highest BCUT2D eigenvalue weighted by Crippen LogP contribution is 2.26. The fourth-order valence-corrected chi connectivity index (χ4v) is 1.93. The Morgan fingerprint density at radius 3 is 2.56 bits per heavy atom. The lowest BCUT2D eigenvalue weighted by molar-refractivity contribution is 0.214. The summed E-state index contributed by atoms with van der Waals surface area (Å²) in [5.74, 6) is 1.53. The largest absolute Gasteiger partial charge is 0.489 e. The van der Waals surface area contributed by atoms with Crippen molar-refractivity contribution < 1.29 is 4.74 Å². The van der Waals surface area contributed by atoms with Gasteiger partial charge in [-0.05, 0) is 37.4 Å². The number of unbranched alkanes of at least 4 members (excludes halogenated alkanes) is 1. The summed E-state index contributed by atoms with van der Waals surface area (Å²) in [5.41, 5.74) is 1.29. The number of rotatable bonds is 8. The molecule has 0 heterocycles. The predicted octanol–water partition coefficient (Wildman–Crippen LogP) is 3.97. The Hall–Kier alpha value is -1.02. The summed E-state index contributed by atoms with van der Waals surface area (Å²) in [4.78, 5) is 0. The third-order valence-electron chi connectivity index (χ3n) is 3.01. The van der Waals surface area contributed by atoms with Crippen LogP contribution in [0.3, 0.4) is 0 Å². The van der Waals surface area contributed by atoms with Crippen LogP contribution >= 0.6 is 0 Å². The molecule has 1 aromatic rings. The maximum atomic E-state index is 6.02. The van der Waals surface area contributed by atoms with Gasteiger partial charge in [0.25, 0.3) is 0 Å². The topological polar surface area (TPSA) is 21.3 Å². The van der Waals surface area contributed by atoms with Gasteiger partial charge in [-0.25, -0.2) is 0 Å². The molecule has 1 aromatic carbocycles. The van der Waals surface area contributed by atoms with Gasteiger partial charge in [0.2, 0.25) is 0 Å². The zero-order valence-corrected chi connectivity index (χ0v) is 12.2. The molecule has 1 unspecified atom stereocenters. The molecule has 0 fully saturated rings. The fourth-order valence-electron chi connectivity index (χ4n) is 1.93. The van der Waals surface area contributed by atoms with Crippen LogP contribution in [0.2, 0.25) is 0 Å². The van der Waals surface area contributed by atoms with Gasteiger partial charge in [-0.1, -0.05) is 45.4 Å². The van der Waals surface area contributed by atoms with E-state index in [2.05, 4.69) is 51.2 Å². The molecule has 0 aliphatic carbocycles. The summed E-state index contributed by atoms with van der Waals surface area (Å²) in [6.45, 7) is 10.7. The zero-order valence-electron chi connectivity index (χ0n) is 12.2. The van der Waals surface area contributed by atoms with Crippen molar-refractivity contribution in [3.8, 4) is 5.75 Å². The minimum Gasteiger partial charge on any atom is -0.489 e.